The highest BCUT2D eigenvalue weighted by molar-refractivity contribution is 5.69. The standard InChI is InChI=1S/C14H17N3O3/c1-10-12(9-14(18)19)15-16-17(10)13-6-4-3-5-11(13)7-8-20-2/h3-6H,7-9H2,1-2H3,(H,18,19). The van der Waals surface area contributed by atoms with Crippen LogP contribution in [0.5, 0.6) is 0 Å². The molecule has 1 heterocycles. The topological polar surface area (TPSA) is 77.2 Å². The molecular weight excluding hydrogens is 258 g/mol. The van der Waals surface area contributed by atoms with Gasteiger partial charge in [-0.2, -0.15) is 0 Å². The highest BCUT2D eigenvalue weighted by Crippen LogP contribution is 2.17. The third kappa shape index (κ3) is 3.03. The molecule has 0 saturated carbocycles. The summed E-state index contributed by atoms with van der Waals surface area (Å²) in [5.41, 5.74) is 3.23. The van der Waals surface area contributed by atoms with Gasteiger partial charge in [-0.05, 0) is 25.0 Å². The van der Waals surface area contributed by atoms with Gasteiger partial charge in [0.1, 0.15) is 0 Å². The second-order valence-electron chi connectivity index (χ2n) is 4.48. The first-order valence-electron chi connectivity index (χ1n) is 6.33. The van der Waals surface area contributed by atoms with E-state index in [4.69, 9.17) is 9.84 Å². The monoisotopic (exact) mass is 275 g/mol. The van der Waals surface area contributed by atoms with Gasteiger partial charge in [0.25, 0.3) is 0 Å². The summed E-state index contributed by atoms with van der Waals surface area (Å²) in [6.07, 6.45) is 0.645. The Morgan fingerprint density at radius 2 is 2.15 bits per heavy atom. The van der Waals surface area contributed by atoms with Crippen LogP contribution in [0, 0.1) is 6.92 Å². The SMILES string of the molecule is COCCc1ccccc1-n1nnc(CC(=O)O)c1C. The van der Waals surface area contributed by atoms with Crippen molar-refractivity contribution in [3.8, 4) is 5.69 Å². The predicted octanol–water partition coefficient (Wildman–Crippen LogP) is 1.39. The van der Waals surface area contributed by atoms with Crippen LogP contribution in [0.2, 0.25) is 0 Å². The zero-order valence-corrected chi connectivity index (χ0v) is 11.5. The number of carboxylic acids is 1. The summed E-state index contributed by atoms with van der Waals surface area (Å²) in [7, 11) is 1.66. The van der Waals surface area contributed by atoms with Crippen LogP contribution in [0.15, 0.2) is 24.3 Å². The van der Waals surface area contributed by atoms with Crippen LogP contribution >= 0.6 is 0 Å². The largest absolute Gasteiger partial charge is 0.481 e. The van der Waals surface area contributed by atoms with E-state index in [9.17, 15) is 4.79 Å². The van der Waals surface area contributed by atoms with Crippen molar-refractivity contribution in [3.63, 3.8) is 0 Å². The lowest BCUT2D eigenvalue weighted by Crippen LogP contribution is -2.06. The molecule has 0 radical (unpaired) electrons. The van der Waals surface area contributed by atoms with E-state index in [0.29, 0.717) is 12.3 Å². The lowest BCUT2D eigenvalue weighted by atomic mass is 10.1. The number of carbonyl (C=O) groups is 1. The summed E-state index contributed by atoms with van der Waals surface area (Å²) in [5, 5.41) is 16.9. The van der Waals surface area contributed by atoms with E-state index < -0.39 is 5.97 Å². The fraction of sp³-hybridized carbons (Fsp3) is 0.357. The molecule has 0 aliphatic carbocycles. The molecule has 0 atom stereocenters. The molecule has 20 heavy (non-hydrogen) atoms. The Balaban J connectivity index is 2.36. The van der Waals surface area contributed by atoms with Gasteiger partial charge >= 0.3 is 5.97 Å². The minimum Gasteiger partial charge on any atom is -0.481 e. The second-order valence-corrected chi connectivity index (χ2v) is 4.48. The number of hydrogen-bond donors (Lipinski definition) is 1. The molecule has 1 aromatic heterocycles. The summed E-state index contributed by atoms with van der Waals surface area (Å²) in [6.45, 7) is 2.44. The molecule has 0 aliphatic heterocycles. The smallest absolute Gasteiger partial charge is 0.309 e. The quantitative estimate of drug-likeness (QED) is 0.862. The van der Waals surface area contributed by atoms with Crippen LogP contribution in [0.1, 0.15) is 17.0 Å². The third-order valence-electron chi connectivity index (χ3n) is 3.10. The summed E-state index contributed by atoms with van der Waals surface area (Å²) < 4.78 is 6.79. The maximum absolute atomic E-state index is 10.8. The van der Waals surface area contributed by atoms with Crippen molar-refractivity contribution in [2.24, 2.45) is 0 Å². The van der Waals surface area contributed by atoms with E-state index in [-0.39, 0.29) is 6.42 Å². The Kier molecular flexibility index (Phi) is 4.47. The number of nitrogens with zero attached hydrogens (tertiary/aromatic N) is 3. The zero-order valence-electron chi connectivity index (χ0n) is 11.5. The van der Waals surface area contributed by atoms with E-state index in [2.05, 4.69) is 10.3 Å². The van der Waals surface area contributed by atoms with E-state index in [1.165, 1.54) is 0 Å². The second kappa shape index (κ2) is 6.29. The number of methoxy groups -OCH3 is 1. The van der Waals surface area contributed by atoms with Gasteiger partial charge in [-0.15, -0.1) is 5.10 Å². The van der Waals surface area contributed by atoms with Gasteiger partial charge in [0.05, 0.1) is 30.1 Å². The molecule has 0 amide bonds. The van der Waals surface area contributed by atoms with Gasteiger partial charge in [0, 0.05) is 7.11 Å². The maximum Gasteiger partial charge on any atom is 0.309 e. The summed E-state index contributed by atoms with van der Waals surface area (Å²) in [4.78, 5) is 10.8. The Morgan fingerprint density at radius 1 is 1.40 bits per heavy atom. The van der Waals surface area contributed by atoms with E-state index >= 15 is 0 Å². The number of benzene rings is 1. The molecule has 106 valence electrons. The van der Waals surface area contributed by atoms with Crippen molar-refractivity contribution < 1.29 is 14.6 Å². The molecule has 1 N–H and O–H groups in total. The van der Waals surface area contributed by atoms with Gasteiger partial charge in [-0.3, -0.25) is 4.79 Å². The Bertz CT molecular complexity index is 607. The van der Waals surface area contributed by atoms with Crippen molar-refractivity contribution in [1.29, 1.82) is 0 Å². The normalized spacial score (nSPS) is 10.7. The van der Waals surface area contributed by atoms with Gasteiger partial charge in [-0.1, -0.05) is 23.4 Å². The van der Waals surface area contributed by atoms with Crippen LogP contribution in [0.4, 0.5) is 0 Å². The van der Waals surface area contributed by atoms with Crippen LogP contribution in [-0.2, 0) is 22.4 Å². The number of para-hydroxylation sites is 1. The maximum atomic E-state index is 10.8. The minimum atomic E-state index is -0.909. The van der Waals surface area contributed by atoms with E-state index in [0.717, 1.165) is 23.4 Å². The molecule has 0 saturated heterocycles. The molecule has 0 fully saturated rings. The van der Waals surface area contributed by atoms with Crippen molar-refractivity contribution in [2.75, 3.05) is 13.7 Å². The number of carboxylic acid groups (broad SMARTS) is 1. The van der Waals surface area contributed by atoms with Gasteiger partial charge < -0.3 is 9.84 Å². The fourth-order valence-electron chi connectivity index (χ4n) is 2.04. The first-order valence-corrected chi connectivity index (χ1v) is 6.33. The van der Waals surface area contributed by atoms with E-state index in [1.807, 2.05) is 31.2 Å². The molecule has 6 heteroatoms. The van der Waals surface area contributed by atoms with Crippen molar-refractivity contribution in [1.82, 2.24) is 15.0 Å². The molecule has 1 aromatic carbocycles. The molecule has 2 aromatic rings. The van der Waals surface area contributed by atoms with Gasteiger partial charge in [-0.25, -0.2) is 4.68 Å². The molecule has 0 spiro atoms. The summed E-state index contributed by atoms with van der Waals surface area (Å²) >= 11 is 0. The number of hydrogen-bond acceptors (Lipinski definition) is 4. The molecule has 0 unspecified atom stereocenters. The first kappa shape index (κ1) is 14.2. The minimum absolute atomic E-state index is 0.119. The molecule has 0 bridgehead atoms. The van der Waals surface area contributed by atoms with Crippen LogP contribution in [-0.4, -0.2) is 39.8 Å². The molecule has 0 aliphatic rings. The van der Waals surface area contributed by atoms with Crippen molar-refractivity contribution in [2.45, 2.75) is 19.8 Å². The molecular formula is C14H17N3O3. The lowest BCUT2D eigenvalue weighted by Gasteiger charge is -2.10. The van der Waals surface area contributed by atoms with E-state index in [1.54, 1.807) is 11.8 Å². The van der Waals surface area contributed by atoms with Gasteiger partial charge in [0.2, 0.25) is 0 Å². The molecule has 6 nitrogen and oxygen atoms in total. The summed E-state index contributed by atoms with van der Waals surface area (Å²) in [6, 6.07) is 7.83. The number of aromatic nitrogens is 3. The lowest BCUT2D eigenvalue weighted by molar-refractivity contribution is -0.136. The average molecular weight is 275 g/mol. The Hall–Kier alpha value is -2.21. The van der Waals surface area contributed by atoms with Crippen LogP contribution < -0.4 is 0 Å². The summed E-state index contributed by atoms with van der Waals surface area (Å²) in [5.74, 6) is -0.909. The fourth-order valence-corrected chi connectivity index (χ4v) is 2.04. The van der Waals surface area contributed by atoms with Crippen LogP contribution in [0.25, 0.3) is 5.69 Å². The zero-order chi connectivity index (χ0) is 14.5. The first-order chi connectivity index (χ1) is 9.63. The highest BCUT2D eigenvalue weighted by atomic mass is 16.5. The Labute approximate surface area is 117 Å². The predicted molar refractivity (Wildman–Crippen MR) is 73.0 cm³/mol. The number of rotatable bonds is 6. The van der Waals surface area contributed by atoms with Crippen LogP contribution in [0.3, 0.4) is 0 Å². The van der Waals surface area contributed by atoms with Crippen molar-refractivity contribution >= 4 is 5.97 Å². The average Bonchev–Trinajstić information content (AvgIpc) is 2.77. The third-order valence-corrected chi connectivity index (χ3v) is 3.10. The van der Waals surface area contributed by atoms with Gasteiger partial charge in [0.15, 0.2) is 0 Å². The number of aliphatic carboxylic acids is 1. The Morgan fingerprint density at radius 3 is 2.85 bits per heavy atom. The van der Waals surface area contributed by atoms with Crippen molar-refractivity contribution in [3.05, 3.63) is 41.2 Å². The number of ether oxygens (including phenoxy) is 1. The molecule has 2 rings (SSSR count). The highest BCUT2D eigenvalue weighted by Gasteiger charge is 2.14.